The van der Waals surface area contributed by atoms with E-state index in [0.29, 0.717) is 11.3 Å². The summed E-state index contributed by atoms with van der Waals surface area (Å²) in [4.78, 5) is 5.44. The molecule has 0 radical (unpaired) electrons. The van der Waals surface area contributed by atoms with Gasteiger partial charge in [-0.1, -0.05) is 19.9 Å². The largest absolute Gasteiger partial charge is 0.454 e. The molecule has 21 heavy (non-hydrogen) atoms. The molecule has 4 heteroatoms. The fraction of sp³-hybridized carbons (Fsp3) is 0.294. The molecule has 0 amide bonds. The van der Waals surface area contributed by atoms with Crippen molar-refractivity contribution in [2.45, 2.75) is 32.1 Å². The topological polar surface area (TPSA) is 45.9 Å². The van der Waals surface area contributed by atoms with Gasteiger partial charge in [-0.25, -0.2) is 0 Å². The molecule has 0 saturated carbocycles. The molecule has 1 aromatic heterocycles. The molecule has 108 valence electrons. The van der Waals surface area contributed by atoms with Gasteiger partial charge in [-0.3, -0.25) is 4.98 Å². The Labute approximate surface area is 130 Å². The number of aromatic nitrogens is 1. The lowest BCUT2D eigenvalue weighted by Crippen LogP contribution is -1.97. The summed E-state index contributed by atoms with van der Waals surface area (Å²) in [6.45, 7) is 6.07. The average Bonchev–Trinajstić information content (AvgIpc) is 2.49. The number of benzene rings is 1. The van der Waals surface area contributed by atoms with Crippen LogP contribution in [-0.4, -0.2) is 10.7 Å². The van der Waals surface area contributed by atoms with Crippen LogP contribution in [0.2, 0.25) is 0 Å². The average molecular weight is 298 g/mol. The normalized spacial score (nSPS) is 10.2. The minimum absolute atomic E-state index is 0.590. The van der Waals surface area contributed by atoms with Gasteiger partial charge in [-0.15, -0.1) is 11.8 Å². The van der Waals surface area contributed by atoms with Crippen molar-refractivity contribution in [3.05, 3.63) is 47.3 Å². The minimum atomic E-state index is 0.590. The van der Waals surface area contributed by atoms with Crippen LogP contribution >= 0.6 is 11.8 Å². The quantitative estimate of drug-likeness (QED) is 0.749. The van der Waals surface area contributed by atoms with E-state index in [0.717, 1.165) is 34.2 Å². The third-order valence-corrected chi connectivity index (χ3v) is 3.97. The summed E-state index contributed by atoms with van der Waals surface area (Å²) in [5, 5.41) is 9.42. The lowest BCUT2D eigenvalue weighted by atomic mass is 10.2. The molecular weight excluding hydrogens is 280 g/mol. The van der Waals surface area contributed by atoms with E-state index in [1.54, 1.807) is 11.8 Å². The van der Waals surface area contributed by atoms with Gasteiger partial charge in [0, 0.05) is 10.6 Å². The minimum Gasteiger partial charge on any atom is -0.454 e. The van der Waals surface area contributed by atoms with Crippen molar-refractivity contribution in [3.63, 3.8) is 0 Å². The first-order chi connectivity index (χ1) is 10.2. The van der Waals surface area contributed by atoms with Crippen LogP contribution in [0.15, 0.2) is 35.2 Å². The Morgan fingerprint density at radius 3 is 2.67 bits per heavy atom. The molecule has 1 heterocycles. The van der Waals surface area contributed by atoms with E-state index in [2.05, 4.69) is 18.0 Å². The van der Waals surface area contributed by atoms with Crippen LogP contribution in [0.25, 0.3) is 0 Å². The predicted octanol–water partition coefficient (Wildman–Crippen LogP) is 4.73. The molecule has 0 spiro atoms. The van der Waals surface area contributed by atoms with Gasteiger partial charge in [-0.05, 0) is 43.4 Å². The Morgan fingerprint density at radius 2 is 2.00 bits per heavy atom. The van der Waals surface area contributed by atoms with E-state index in [4.69, 9.17) is 4.74 Å². The molecule has 2 rings (SSSR count). The zero-order valence-corrected chi connectivity index (χ0v) is 13.3. The molecule has 0 aliphatic carbocycles. The first kappa shape index (κ1) is 15.4. The van der Waals surface area contributed by atoms with Gasteiger partial charge in [-0.2, -0.15) is 5.26 Å². The zero-order valence-electron chi connectivity index (χ0n) is 12.5. The van der Waals surface area contributed by atoms with Crippen LogP contribution in [0, 0.1) is 18.3 Å². The smallest absolute Gasteiger partial charge is 0.148 e. The molecule has 3 nitrogen and oxygen atoms in total. The second-order valence-corrected chi connectivity index (χ2v) is 5.83. The number of hydrogen-bond acceptors (Lipinski definition) is 4. The molecule has 1 aromatic carbocycles. The molecule has 0 N–H and O–H groups in total. The van der Waals surface area contributed by atoms with Crippen LogP contribution in [-0.2, 0) is 6.42 Å². The van der Waals surface area contributed by atoms with Crippen molar-refractivity contribution in [3.8, 4) is 17.6 Å². The van der Waals surface area contributed by atoms with E-state index >= 15 is 0 Å². The van der Waals surface area contributed by atoms with Crippen molar-refractivity contribution < 1.29 is 4.74 Å². The molecule has 0 fully saturated rings. The maximum absolute atomic E-state index is 9.42. The van der Waals surface area contributed by atoms with Crippen LogP contribution in [0.4, 0.5) is 0 Å². The first-order valence-electron chi connectivity index (χ1n) is 6.99. The van der Waals surface area contributed by atoms with Gasteiger partial charge < -0.3 is 4.74 Å². The number of thioether (sulfide) groups is 1. The second-order valence-electron chi connectivity index (χ2n) is 4.53. The summed E-state index contributed by atoms with van der Waals surface area (Å²) in [5.74, 6) is 2.24. The van der Waals surface area contributed by atoms with Gasteiger partial charge in [0.15, 0.2) is 0 Å². The Bertz CT molecular complexity index is 677. The van der Waals surface area contributed by atoms with Crippen molar-refractivity contribution >= 4 is 11.8 Å². The second kappa shape index (κ2) is 7.14. The summed E-state index contributed by atoms with van der Waals surface area (Å²) in [6.07, 6.45) is 0.794. The third kappa shape index (κ3) is 3.56. The van der Waals surface area contributed by atoms with E-state index in [9.17, 15) is 5.26 Å². The van der Waals surface area contributed by atoms with Crippen molar-refractivity contribution in [2.75, 3.05) is 5.75 Å². The van der Waals surface area contributed by atoms with Gasteiger partial charge >= 0.3 is 0 Å². The Kier molecular flexibility index (Phi) is 5.24. The third-order valence-electron chi connectivity index (χ3n) is 3.03. The van der Waals surface area contributed by atoms with Crippen molar-refractivity contribution in [1.29, 1.82) is 5.26 Å². The SMILES string of the molecule is CCSc1cccc(Oc2ccc(C)nc2CC)c1C#N. The number of hydrogen-bond donors (Lipinski definition) is 0. The van der Waals surface area contributed by atoms with E-state index in [1.165, 1.54) is 0 Å². The van der Waals surface area contributed by atoms with Gasteiger partial charge in [0.1, 0.15) is 23.1 Å². The highest BCUT2D eigenvalue weighted by molar-refractivity contribution is 7.99. The zero-order chi connectivity index (χ0) is 15.2. The molecular formula is C17H18N2OS. The Hall–Kier alpha value is -1.99. The van der Waals surface area contributed by atoms with Gasteiger partial charge in [0.25, 0.3) is 0 Å². The molecule has 0 aliphatic heterocycles. The monoisotopic (exact) mass is 298 g/mol. The maximum atomic E-state index is 9.42. The van der Waals surface area contributed by atoms with Crippen molar-refractivity contribution in [1.82, 2.24) is 4.98 Å². The van der Waals surface area contributed by atoms with Crippen LogP contribution in [0.3, 0.4) is 0 Å². The fourth-order valence-electron chi connectivity index (χ4n) is 2.04. The number of ether oxygens (including phenoxy) is 1. The molecule has 0 aliphatic rings. The molecule has 2 aromatic rings. The highest BCUT2D eigenvalue weighted by atomic mass is 32.2. The summed E-state index contributed by atoms with van der Waals surface area (Å²) in [6, 6.07) is 11.8. The highest BCUT2D eigenvalue weighted by Crippen LogP contribution is 2.33. The fourth-order valence-corrected chi connectivity index (χ4v) is 2.82. The first-order valence-corrected chi connectivity index (χ1v) is 7.98. The summed E-state index contributed by atoms with van der Waals surface area (Å²) >= 11 is 1.65. The number of nitriles is 1. The summed E-state index contributed by atoms with van der Waals surface area (Å²) < 4.78 is 5.97. The van der Waals surface area contributed by atoms with E-state index in [1.807, 2.05) is 44.2 Å². The van der Waals surface area contributed by atoms with Gasteiger partial charge in [0.05, 0.1) is 5.69 Å². The summed E-state index contributed by atoms with van der Waals surface area (Å²) in [7, 11) is 0. The molecule has 0 bridgehead atoms. The number of aryl methyl sites for hydroxylation is 2. The number of nitrogens with zero attached hydrogens (tertiary/aromatic N) is 2. The maximum Gasteiger partial charge on any atom is 0.148 e. The molecule has 0 unspecified atom stereocenters. The summed E-state index contributed by atoms with van der Waals surface area (Å²) in [5.41, 5.74) is 2.47. The standard InChI is InChI=1S/C17H18N2OS/c1-4-14-16(10-9-12(3)19-14)20-15-7-6-8-17(21-5-2)13(15)11-18/h6-10H,4-5H2,1-3H3. The Balaban J connectivity index is 2.40. The van der Waals surface area contributed by atoms with Crippen LogP contribution in [0.5, 0.6) is 11.5 Å². The van der Waals surface area contributed by atoms with Crippen molar-refractivity contribution in [2.24, 2.45) is 0 Å². The predicted molar refractivity (Wildman–Crippen MR) is 86.0 cm³/mol. The van der Waals surface area contributed by atoms with Crippen LogP contribution < -0.4 is 4.74 Å². The number of rotatable bonds is 5. The number of pyridine rings is 1. The van der Waals surface area contributed by atoms with Gasteiger partial charge in [0.2, 0.25) is 0 Å². The van der Waals surface area contributed by atoms with E-state index < -0.39 is 0 Å². The highest BCUT2D eigenvalue weighted by Gasteiger charge is 2.12. The molecule has 0 saturated heterocycles. The lowest BCUT2D eigenvalue weighted by molar-refractivity contribution is 0.470. The van der Waals surface area contributed by atoms with E-state index in [-0.39, 0.29) is 0 Å². The van der Waals surface area contributed by atoms with Crippen LogP contribution in [0.1, 0.15) is 30.8 Å². The Morgan fingerprint density at radius 1 is 1.19 bits per heavy atom. The lowest BCUT2D eigenvalue weighted by Gasteiger charge is -2.12. The molecule has 0 atom stereocenters.